The first-order valence-electron chi connectivity index (χ1n) is 11.9. The molecule has 9 nitrogen and oxygen atoms in total. The summed E-state index contributed by atoms with van der Waals surface area (Å²) in [6, 6.07) is 15.6. The second kappa shape index (κ2) is 10.5. The highest BCUT2D eigenvalue weighted by atomic mass is 16.5. The van der Waals surface area contributed by atoms with Crippen LogP contribution in [0.15, 0.2) is 63.8 Å². The van der Waals surface area contributed by atoms with E-state index in [4.69, 9.17) is 28.1 Å². The molecule has 1 aliphatic rings. The standard InChI is InChI=1S/C29H27NO8/c1-17-27(38-20-8-6-19(7-9-20)29(32)35-4)26(31)21-10-12-23-22(28(21)37-17)15-30(16-36-23)14-18-5-11-24(33-2)25(13-18)34-3/h5-13H,14-16H2,1-4H3. The number of benzene rings is 3. The predicted octanol–water partition coefficient (Wildman–Crippen LogP) is 5.05. The van der Waals surface area contributed by atoms with E-state index in [1.807, 2.05) is 18.2 Å². The number of fused-ring (bicyclic) bond motifs is 3. The van der Waals surface area contributed by atoms with E-state index in [1.165, 1.54) is 7.11 Å². The maximum Gasteiger partial charge on any atom is 0.337 e. The lowest BCUT2D eigenvalue weighted by atomic mass is 10.1. The molecule has 0 atom stereocenters. The Morgan fingerprint density at radius 2 is 1.74 bits per heavy atom. The Morgan fingerprint density at radius 3 is 2.45 bits per heavy atom. The summed E-state index contributed by atoms with van der Waals surface area (Å²) < 4.78 is 33.5. The third kappa shape index (κ3) is 4.76. The van der Waals surface area contributed by atoms with Gasteiger partial charge >= 0.3 is 5.97 Å². The molecule has 0 amide bonds. The smallest absolute Gasteiger partial charge is 0.337 e. The highest BCUT2D eigenvalue weighted by Gasteiger charge is 2.24. The number of nitrogens with zero attached hydrogens (tertiary/aromatic N) is 1. The van der Waals surface area contributed by atoms with E-state index in [2.05, 4.69) is 4.90 Å². The number of ether oxygens (including phenoxy) is 5. The molecule has 0 radical (unpaired) electrons. The Kier molecular flexibility index (Phi) is 6.93. The minimum Gasteiger partial charge on any atom is -0.493 e. The lowest BCUT2D eigenvalue weighted by Gasteiger charge is -2.29. The molecule has 0 N–H and O–H groups in total. The highest BCUT2D eigenvalue weighted by molar-refractivity contribution is 5.89. The van der Waals surface area contributed by atoms with Gasteiger partial charge in [-0.2, -0.15) is 0 Å². The Hall–Kier alpha value is -4.50. The van der Waals surface area contributed by atoms with Gasteiger partial charge in [-0.3, -0.25) is 9.69 Å². The van der Waals surface area contributed by atoms with Gasteiger partial charge in [0, 0.05) is 13.1 Å². The molecule has 196 valence electrons. The third-order valence-corrected chi connectivity index (χ3v) is 6.38. The first-order valence-corrected chi connectivity index (χ1v) is 11.9. The molecule has 0 unspecified atom stereocenters. The normalized spacial score (nSPS) is 12.9. The van der Waals surface area contributed by atoms with Gasteiger partial charge in [0.1, 0.15) is 29.6 Å². The topological polar surface area (TPSA) is 96.7 Å². The molecule has 0 saturated carbocycles. The Balaban J connectivity index is 1.42. The van der Waals surface area contributed by atoms with Gasteiger partial charge in [-0.25, -0.2) is 4.79 Å². The molecule has 5 rings (SSSR count). The number of carbonyl (C=O) groups excluding carboxylic acids is 1. The molecule has 0 fully saturated rings. The zero-order chi connectivity index (χ0) is 26.8. The van der Waals surface area contributed by atoms with Gasteiger partial charge in [0.25, 0.3) is 0 Å². The summed E-state index contributed by atoms with van der Waals surface area (Å²) in [4.78, 5) is 27.2. The second-order valence-corrected chi connectivity index (χ2v) is 8.80. The number of methoxy groups -OCH3 is 3. The lowest BCUT2D eigenvalue weighted by Crippen LogP contribution is -2.31. The zero-order valence-corrected chi connectivity index (χ0v) is 21.5. The molecule has 0 bridgehead atoms. The van der Waals surface area contributed by atoms with Gasteiger partial charge in [-0.05, 0) is 61.0 Å². The van der Waals surface area contributed by atoms with Crippen molar-refractivity contribution in [2.75, 3.05) is 28.1 Å². The van der Waals surface area contributed by atoms with E-state index in [-0.39, 0.29) is 11.2 Å². The fourth-order valence-electron chi connectivity index (χ4n) is 4.45. The van der Waals surface area contributed by atoms with Crippen LogP contribution in [-0.4, -0.2) is 38.9 Å². The molecular formula is C29H27NO8. The number of esters is 1. The summed E-state index contributed by atoms with van der Waals surface area (Å²) >= 11 is 0. The van der Waals surface area contributed by atoms with Gasteiger partial charge in [0.05, 0.1) is 37.8 Å². The number of aryl methyl sites for hydroxylation is 1. The minimum atomic E-state index is -0.454. The predicted molar refractivity (Wildman–Crippen MR) is 139 cm³/mol. The molecule has 4 aromatic rings. The molecule has 0 saturated heterocycles. The third-order valence-electron chi connectivity index (χ3n) is 6.38. The van der Waals surface area contributed by atoms with Crippen molar-refractivity contribution in [3.63, 3.8) is 0 Å². The van der Waals surface area contributed by atoms with E-state index in [0.29, 0.717) is 65.1 Å². The van der Waals surface area contributed by atoms with E-state index < -0.39 is 5.97 Å². The monoisotopic (exact) mass is 517 g/mol. The van der Waals surface area contributed by atoms with Crippen LogP contribution in [0.1, 0.15) is 27.2 Å². The van der Waals surface area contributed by atoms with Gasteiger partial charge in [0.15, 0.2) is 11.5 Å². The van der Waals surface area contributed by atoms with Crippen LogP contribution in [-0.2, 0) is 17.8 Å². The number of hydrogen-bond donors (Lipinski definition) is 0. The summed E-state index contributed by atoms with van der Waals surface area (Å²) in [5, 5.41) is 0.395. The van der Waals surface area contributed by atoms with E-state index >= 15 is 0 Å². The van der Waals surface area contributed by atoms with E-state index in [1.54, 1.807) is 57.5 Å². The SMILES string of the molecule is COC(=O)c1ccc(Oc2c(C)oc3c4c(ccc3c2=O)OCN(Cc2ccc(OC)c(OC)c2)C4)cc1. The van der Waals surface area contributed by atoms with Crippen molar-refractivity contribution in [2.24, 2.45) is 0 Å². The molecule has 0 spiro atoms. The van der Waals surface area contributed by atoms with Crippen LogP contribution in [0, 0.1) is 6.92 Å². The fraction of sp³-hybridized carbons (Fsp3) is 0.241. The molecule has 1 aliphatic heterocycles. The number of rotatable bonds is 7. The highest BCUT2D eigenvalue weighted by Crippen LogP contribution is 2.35. The first kappa shape index (κ1) is 25.2. The Morgan fingerprint density at radius 1 is 0.974 bits per heavy atom. The van der Waals surface area contributed by atoms with Crippen molar-refractivity contribution in [1.82, 2.24) is 4.90 Å². The molecule has 1 aromatic heterocycles. The zero-order valence-electron chi connectivity index (χ0n) is 21.5. The second-order valence-electron chi connectivity index (χ2n) is 8.80. The van der Waals surface area contributed by atoms with Crippen molar-refractivity contribution in [3.05, 3.63) is 87.3 Å². The quantitative estimate of drug-likeness (QED) is 0.312. The lowest BCUT2D eigenvalue weighted by molar-refractivity contribution is 0.0600. The van der Waals surface area contributed by atoms with E-state index in [0.717, 1.165) is 11.1 Å². The Bertz CT molecular complexity index is 1560. The molecule has 38 heavy (non-hydrogen) atoms. The Labute approximate surface area is 219 Å². The van der Waals surface area contributed by atoms with Gasteiger partial charge in [-0.15, -0.1) is 0 Å². The van der Waals surface area contributed by atoms with Gasteiger partial charge < -0.3 is 28.1 Å². The van der Waals surface area contributed by atoms with Crippen molar-refractivity contribution >= 4 is 16.9 Å². The van der Waals surface area contributed by atoms with Crippen molar-refractivity contribution < 1.29 is 32.9 Å². The molecule has 9 heteroatoms. The average molecular weight is 518 g/mol. The van der Waals surface area contributed by atoms with Crippen LogP contribution >= 0.6 is 0 Å². The van der Waals surface area contributed by atoms with Crippen LogP contribution < -0.4 is 24.4 Å². The van der Waals surface area contributed by atoms with Crippen molar-refractivity contribution in [3.8, 4) is 28.7 Å². The molecule has 3 aromatic carbocycles. The van der Waals surface area contributed by atoms with Crippen LogP contribution in [0.3, 0.4) is 0 Å². The maximum absolute atomic E-state index is 13.4. The number of carbonyl (C=O) groups is 1. The first-order chi connectivity index (χ1) is 18.4. The van der Waals surface area contributed by atoms with Crippen molar-refractivity contribution in [1.29, 1.82) is 0 Å². The largest absolute Gasteiger partial charge is 0.493 e. The molecule has 2 heterocycles. The summed E-state index contributed by atoms with van der Waals surface area (Å²) in [7, 11) is 4.52. The number of hydrogen-bond acceptors (Lipinski definition) is 9. The van der Waals surface area contributed by atoms with Crippen LogP contribution in [0.4, 0.5) is 0 Å². The average Bonchev–Trinajstić information content (AvgIpc) is 2.95. The van der Waals surface area contributed by atoms with Crippen LogP contribution in [0.2, 0.25) is 0 Å². The fourth-order valence-corrected chi connectivity index (χ4v) is 4.45. The summed E-state index contributed by atoms with van der Waals surface area (Å²) in [5.74, 6) is 2.36. The molecular weight excluding hydrogens is 490 g/mol. The van der Waals surface area contributed by atoms with E-state index in [9.17, 15) is 9.59 Å². The van der Waals surface area contributed by atoms with Gasteiger partial charge in [-0.1, -0.05) is 6.07 Å². The van der Waals surface area contributed by atoms with Crippen LogP contribution in [0.5, 0.6) is 28.7 Å². The van der Waals surface area contributed by atoms with Crippen LogP contribution in [0.25, 0.3) is 11.0 Å². The van der Waals surface area contributed by atoms with Gasteiger partial charge in [0.2, 0.25) is 11.2 Å². The summed E-state index contributed by atoms with van der Waals surface area (Å²) in [6.45, 7) is 3.20. The maximum atomic E-state index is 13.4. The summed E-state index contributed by atoms with van der Waals surface area (Å²) in [5.41, 5.74) is 2.38. The van der Waals surface area contributed by atoms with Crippen molar-refractivity contribution in [2.45, 2.75) is 20.0 Å². The molecule has 0 aliphatic carbocycles. The minimum absolute atomic E-state index is 0.0854. The summed E-state index contributed by atoms with van der Waals surface area (Å²) in [6.07, 6.45) is 0.